The number of aryl methyl sites for hydroxylation is 2. The Morgan fingerprint density at radius 3 is 2.86 bits per heavy atom. The van der Waals surface area contributed by atoms with E-state index in [1.165, 1.54) is 28.3 Å². The summed E-state index contributed by atoms with van der Waals surface area (Å²) in [7, 11) is 1.57. The van der Waals surface area contributed by atoms with Crippen LogP contribution in [0.5, 0.6) is 5.88 Å². The van der Waals surface area contributed by atoms with Crippen LogP contribution in [0.3, 0.4) is 0 Å². The number of nitrogens with zero attached hydrogens (tertiary/aromatic N) is 5. The fraction of sp³-hybridized carbons (Fsp3) is 0.389. The quantitative estimate of drug-likeness (QED) is 0.617. The van der Waals surface area contributed by atoms with Crippen LogP contribution in [0.4, 0.5) is 10.1 Å². The lowest BCUT2D eigenvalue weighted by Gasteiger charge is -2.13. The first-order chi connectivity index (χ1) is 13.4. The van der Waals surface area contributed by atoms with E-state index in [1.807, 2.05) is 13.8 Å². The fourth-order valence-corrected chi connectivity index (χ4v) is 3.17. The maximum Gasteiger partial charge on any atom is 0.290 e. The van der Waals surface area contributed by atoms with Gasteiger partial charge in [-0.25, -0.2) is 9.07 Å². The largest absolute Gasteiger partial charge is 0.477 e. The van der Waals surface area contributed by atoms with E-state index in [2.05, 4.69) is 25.6 Å². The van der Waals surface area contributed by atoms with Crippen molar-refractivity contribution in [1.29, 1.82) is 0 Å². The lowest BCUT2D eigenvalue weighted by atomic mass is 10.0. The first-order valence-corrected chi connectivity index (χ1v) is 9.59. The van der Waals surface area contributed by atoms with Crippen LogP contribution in [0.1, 0.15) is 35.0 Å². The van der Waals surface area contributed by atoms with Gasteiger partial charge in [-0.2, -0.15) is 0 Å². The normalized spacial score (nSPS) is 12.0. The van der Waals surface area contributed by atoms with Crippen LogP contribution >= 0.6 is 11.3 Å². The van der Waals surface area contributed by atoms with E-state index in [4.69, 9.17) is 4.74 Å². The summed E-state index contributed by atoms with van der Waals surface area (Å²) in [6, 6.07) is 4.64. The molecule has 1 N–H and O–H groups in total. The molecule has 0 aliphatic carbocycles. The Morgan fingerprint density at radius 1 is 1.36 bits per heavy atom. The molecule has 0 spiro atoms. The van der Waals surface area contributed by atoms with Crippen LogP contribution in [0.25, 0.3) is 0 Å². The number of halogens is 1. The third kappa shape index (κ3) is 5.10. The van der Waals surface area contributed by atoms with Crippen molar-refractivity contribution in [2.24, 2.45) is 7.05 Å². The van der Waals surface area contributed by atoms with Crippen LogP contribution in [0.15, 0.2) is 29.2 Å². The fourth-order valence-electron chi connectivity index (χ4n) is 2.53. The second kappa shape index (κ2) is 8.87. The highest BCUT2D eigenvalue weighted by molar-refractivity contribution is 7.11. The van der Waals surface area contributed by atoms with Gasteiger partial charge in [-0.15, -0.1) is 15.3 Å². The summed E-state index contributed by atoms with van der Waals surface area (Å²) in [5, 5.41) is 16.8. The zero-order valence-electron chi connectivity index (χ0n) is 15.8. The van der Waals surface area contributed by atoms with Crippen molar-refractivity contribution in [3.63, 3.8) is 0 Å². The monoisotopic (exact) mass is 404 g/mol. The zero-order valence-corrected chi connectivity index (χ0v) is 16.7. The summed E-state index contributed by atoms with van der Waals surface area (Å²) in [6.45, 7) is 4.66. The van der Waals surface area contributed by atoms with Gasteiger partial charge in [-0.05, 0) is 25.5 Å². The lowest BCUT2D eigenvalue weighted by Crippen LogP contribution is -2.24. The molecule has 0 fully saturated rings. The average Bonchev–Trinajstić information content (AvgIpc) is 3.09. The van der Waals surface area contributed by atoms with Crippen LogP contribution in [-0.4, -0.2) is 31.6 Å². The summed E-state index contributed by atoms with van der Waals surface area (Å²) in [5.74, 6) is 0.0917. The molecule has 10 heteroatoms. The van der Waals surface area contributed by atoms with Crippen LogP contribution in [0.2, 0.25) is 0 Å². The number of anilines is 1. The molecule has 0 aliphatic rings. The summed E-state index contributed by atoms with van der Waals surface area (Å²) in [4.78, 5) is 16.3. The zero-order chi connectivity index (χ0) is 20.1. The maximum absolute atomic E-state index is 13.0. The van der Waals surface area contributed by atoms with Crippen LogP contribution in [-0.2, 0) is 13.6 Å². The minimum atomic E-state index is -0.356. The van der Waals surface area contributed by atoms with E-state index >= 15 is 0 Å². The Hall–Kier alpha value is -2.88. The smallest absolute Gasteiger partial charge is 0.290 e. The molecule has 0 bridgehead atoms. The molecular weight excluding hydrogens is 383 g/mol. The molecule has 0 amide bonds. The molecule has 148 valence electrons. The standard InChI is InChI=1S/C18H21FN6O2S/c1-11(14-5-4-13(19)9-20-14)6-7-27-16-8-15(18(26)25(3)24-16)21-10-17-23-22-12(2)28-17/h4-5,8-9,11,21H,6-7,10H2,1-3H3/t11-/m1/s1. The molecule has 3 aromatic heterocycles. The summed E-state index contributed by atoms with van der Waals surface area (Å²) in [5.41, 5.74) is 0.930. The van der Waals surface area contributed by atoms with Gasteiger partial charge in [0.2, 0.25) is 5.88 Å². The molecule has 3 rings (SSSR count). The number of rotatable bonds is 8. The topological polar surface area (TPSA) is 94.8 Å². The first kappa shape index (κ1) is 19.9. The van der Waals surface area contributed by atoms with Gasteiger partial charge in [0.15, 0.2) is 0 Å². The minimum Gasteiger partial charge on any atom is -0.477 e. The van der Waals surface area contributed by atoms with Gasteiger partial charge in [0.25, 0.3) is 5.56 Å². The van der Waals surface area contributed by atoms with E-state index in [0.29, 0.717) is 31.1 Å². The molecule has 0 radical (unpaired) electrons. The number of aromatic nitrogens is 5. The lowest BCUT2D eigenvalue weighted by molar-refractivity contribution is 0.281. The molecule has 8 nitrogen and oxygen atoms in total. The highest BCUT2D eigenvalue weighted by Gasteiger charge is 2.11. The first-order valence-electron chi connectivity index (χ1n) is 8.78. The van der Waals surface area contributed by atoms with Crippen LogP contribution < -0.4 is 15.6 Å². The second-order valence-corrected chi connectivity index (χ2v) is 7.60. The predicted octanol–water partition coefficient (Wildman–Crippen LogP) is 2.66. The predicted molar refractivity (Wildman–Crippen MR) is 104 cm³/mol. The highest BCUT2D eigenvalue weighted by atomic mass is 32.1. The Kier molecular flexibility index (Phi) is 6.30. The molecule has 3 heterocycles. The van der Waals surface area contributed by atoms with Crippen molar-refractivity contribution in [1.82, 2.24) is 25.0 Å². The molecule has 0 aliphatic heterocycles. The SMILES string of the molecule is Cc1nnc(CNc2cc(OCC[C@@H](C)c3ccc(F)cn3)nn(C)c2=O)s1. The molecule has 0 saturated heterocycles. The summed E-state index contributed by atoms with van der Waals surface area (Å²) in [6.07, 6.45) is 1.88. The molecular formula is C18H21FN6O2S. The Balaban J connectivity index is 1.59. The molecule has 1 atom stereocenters. The Morgan fingerprint density at radius 2 is 2.18 bits per heavy atom. The van der Waals surface area contributed by atoms with E-state index in [1.54, 1.807) is 19.2 Å². The van der Waals surface area contributed by atoms with Crippen molar-refractivity contribution < 1.29 is 9.13 Å². The van der Waals surface area contributed by atoms with Gasteiger partial charge >= 0.3 is 0 Å². The molecule has 0 aromatic carbocycles. The number of hydrogen-bond acceptors (Lipinski definition) is 8. The van der Waals surface area contributed by atoms with Crippen LogP contribution in [0, 0.1) is 12.7 Å². The number of nitrogens with one attached hydrogen (secondary N) is 1. The Labute approximate surface area is 165 Å². The van der Waals surface area contributed by atoms with E-state index in [-0.39, 0.29) is 17.3 Å². The van der Waals surface area contributed by atoms with Gasteiger partial charge < -0.3 is 10.1 Å². The molecule has 3 aromatic rings. The van der Waals surface area contributed by atoms with Gasteiger partial charge in [-0.1, -0.05) is 18.3 Å². The van der Waals surface area contributed by atoms with E-state index in [0.717, 1.165) is 15.7 Å². The summed E-state index contributed by atoms with van der Waals surface area (Å²) < 4.78 is 19.9. The average molecular weight is 404 g/mol. The third-order valence-corrected chi connectivity index (χ3v) is 4.93. The van der Waals surface area contributed by atoms with Gasteiger partial charge in [0, 0.05) is 24.7 Å². The van der Waals surface area contributed by atoms with Crippen molar-refractivity contribution in [2.45, 2.75) is 32.7 Å². The highest BCUT2D eigenvalue weighted by Crippen LogP contribution is 2.18. The minimum absolute atomic E-state index is 0.103. The number of pyridine rings is 1. The molecule has 0 unspecified atom stereocenters. The van der Waals surface area contributed by atoms with Crippen molar-refractivity contribution in [3.8, 4) is 5.88 Å². The Bertz CT molecular complexity index is 988. The van der Waals surface area contributed by atoms with Crippen molar-refractivity contribution >= 4 is 17.0 Å². The molecule has 28 heavy (non-hydrogen) atoms. The number of hydrogen-bond donors (Lipinski definition) is 1. The van der Waals surface area contributed by atoms with Gasteiger partial charge in [-0.3, -0.25) is 9.78 Å². The summed E-state index contributed by atoms with van der Waals surface area (Å²) >= 11 is 1.47. The van der Waals surface area contributed by atoms with Crippen molar-refractivity contribution in [2.75, 3.05) is 11.9 Å². The number of ether oxygens (including phenoxy) is 1. The second-order valence-electron chi connectivity index (χ2n) is 6.33. The van der Waals surface area contributed by atoms with Gasteiger partial charge in [0.05, 0.1) is 19.3 Å². The van der Waals surface area contributed by atoms with E-state index < -0.39 is 0 Å². The molecule has 0 saturated carbocycles. The van der Waals surface area contributed by atoms with E-state index in [9.17, 15) is 9.18 Å². The third-order valence-electron chi connectivity index (χ3n) is 4.09. The van der Waals surface area contributed by atoms with Gasteiger partial charge in [0.1, 0.15) is 21.5 Å². The van der Waals surface area contributed by atoms with Crippen molar-refractivity contribution in [3.05, 3.63) is 56.3 Å². The maximum atomic E-state index is 13.0.